The molecule has 0 unspecified atom stereocenters. The van der Waals surface area contributed by atoms with Gasteiger partial charge in [0.1, 0.15) is 0 Å². The lowest BCUT2D eigenvalue weighted by atomic mass is 10.2. The zero-order valence-electron chi connectivity index (χ0n) is 13.7. The number of hydrogen-bond donors (Lipinski definition) is 2. The summed E-state index contributed by atoms with van der Waals surface area (Å²) in [5.74, 6) is 1.75. The second-order valence-electron chi connectivity index (χ2n) is 5.69. The Hall–Kier alpha value is -1.87. The highest BCUT2D eigenvalue weighted by atomic mass is 32.2. The SMILES string of the molecule is CSCc1noc(CNC(=O)CCc2cc3n(n2)CCCNC3)n1. The Morgan fingerprint density at radius 3 is 3.33 bits per heavy atom. The van der Waals surface area contributed by atoms with E-state index in [1.54, 1.807) is 11.8 Å². The van der Waals surface area contributed by atoms with Gasteiger partial charge in [-0.05, 0) is 25.3 Å². The second-order valence-corrected chi connectivity index (χ2v) is 6.56. The van der Waals surface area contributed by atoms with Crippen LogP contribution in [0.15, 0.2) is 10.6 Å². The normalized spacial score (nSPS) is 14.2. The van der Waals surface area contributed by atoms with Gasteiger partial charge in [-0.3, -0.25) is 9.48 Å². The summed E-state index contributed by atoms with van der Waals surface area (Å²) in [5, 5.41) is 14.6. The first-order chi connectivity index (χ1) is 11.7. The van der Waals surface area contributed by atoms with Gasteiger partial charge in [0.05, 0.1) is 23.7 Å². The molecule has 0 saturated carbocycles. The Kier molecular flexibility index (Phi) is 5.86. The fourth-order valence-corrected chi connectivity index (χ4v) is 2.97. The molecule has 0 spiro atoms. The molecule has 0 aliphatic carbocycles. The maximum Gasteiger partial charge on any atom is 0.246 e. The number of nitrogens with zero attached hydrogens (tertiary/aromatic N) is 4. The Balaban J connectivity index is 1.43. The van der Waals surface area contributed by atoms with Crippen LogP contribution in [0.5, 0.6) is 0 Å². The van der Waals surface area contributed by atoms with Gasteiger partial charge in [0.2, 0.25) is 11.8 Å². The number of amides is 1. The van der Waals surface area contributed by atoms with E-state index in [-0.39, 0.29) is 12.5 Å². The van der Waals surface area contributed by atoms with Crippen molar-refractivity contribution in [3.8, 4) is 0 Å². The number of hydrogen-bond acceptors (Lipinski definition) is 7. The van der Waals surface area contributed by atoms with Crippen molar-refractivity contribution in [3.05, 3.63) is 29.2 Å². The molecular weight excluding hydrogens is 328 g/mol. The third-order valence-electron chi connectivity index (χ3n) is 3.77. The van der Waals surface area contributed by atoms with Gasteiger partial charge >= 0.3 is 0 Å². The molecule has 3 rings (SSSR count). The molecule has 2 aromatic rings. The van der Waals surface area contributed by atoms with Crippen molar-refractivity contribution in [1.82, 2.24) is 30.6 Å². The van der Waals surface area contributed by atoms with E-state index in [0.29, 0.717) is 30.3 Å². The lowest BCUT2D eigenvalue weighted by molar-refractivity contribution is -0.121. The van der Waals surface area contributed by atoms with E-state index in [0.717, 1.165) is 31.7 Å². The van der Waals surface area contributed by atoms with Crippen LogP contribution in [0.2, 0.25) is 0 Å². The molecule has 1 amide bonds. The Morgan fingerprint density at radius 1 is 1.54 bits per heavy atom. The number of carbonyl (C=O) groups is 1. The number of rotatable bonds is 7. The highest BCUT2D eigenvalue weighted by Crippen LogP contribution is 2.10. The molecule has 9 heteroatoms. The summed E-state index contributed by atoms with van der Waals surface area (Å²) in [6, 6.07) is 2.08. The lowest BCUT2D eigenvalue weighted by Gasteiger charge is -2.01. The van der Waals surface area contributed by atoms with Crippen LogP contribution in [-0.4, -0.2) is 38.6 Å². The van der Waals surface area contributed by atoms with Crippen LogP contribution in [-0.2, 0) is 36.6 Å². The van der Waals surface area contributed by atoms with Crippen molar-refractivity contribution in [1.29, 1.82) is 0 Å². The number of nitrogens with one attached hydrogen (secondary N) is 2. The molecule has 24 heavy (non-hydrogen) atoms. The molecule has 1 aliphatic heterocycles. The van der Waals surface area contributed by atoms with Crippen molar-refractivity contribution in [3.63, 3.8) is 0 Å². The molecule has 2 N–H and O–H groups in total. The molecule has 0 saturated heterocycles. The van der Waals surface area contributed by atoms with Crippen molar-refractivity contribution < 1.29 is 9.32 Å². The molecular formula is C15H22N6O2S. The minimum absolute atomic E-state index is 0.0408. The largest absolute Gasteiger partial charge is 0.347 e. The van der Waals surface area contributed by atoms with Crippen LogP contribution in [0.1, 0.15) is 35.9 Å². The summed E-state index contributed by atoms with van der Waals surface area (Å²) in [4.78, 5) is 16.2. The Morgan fingerprint density at radius 2 is 2.46 bits per heavy atom. The van der Waals surface area contributed by atoms with Gasteiger partial charge < -0.3 is 15.2 Å². The summed E-state index contributed by atoms with van der Waals surface area (Å²) < 4.78 is 7.13. The van der Waals surface area contributed by atoms with Crippen LogP contribution in [0.25, 0.3) is 0 Å². The lowest BCUT2D eigenvalue weighted by Crippen LogP contribution is -2.23. The predicted octanol–water partition coefficient (Wildman–Crippen LogP) is 0.871. The summed E-state index contributed by atoms with van der Waals surface area (Å²) in [5.41, 5.74) is 2.15. The van der Waals surface area contributed by atoms with E-state index >= 15 is 0 Å². The van der Waals surface area contributed by atoms with Gasteiger partial charge in [0, 0.05) is 25.9 Å². The zero-order valence-corrected chi connectivity index (χ0v) is 14.6. The van der Waals surface area contributed by atoms with Gasteiger partial charge in [-0.15, -0.1) is 0 Å². The summed E-state index contributed by atoms with van der Waals surface area (Å²) in [7, 11) is 0. The third kappa shape index (κ3) is 4.57. The Labute approximate surface area is 144 Å². The molecule has 1 aliphatic rings. The van der Waals surface area contributed by atoms with Crippen LogP contribution in [0.3, 0.4) is 0 Å². The summed E-state index contributed by atoms with van der Waals surface area (Å²) >= 11 is 1.62. The number of aromatic nitrogens is 4. The van der Waals surface area contributed by atoms with Gasteiger partial charge in [0.15, 0.2) is 5.82 Å². The average Bonchev–Trinajstić information content (AvgIpc) is 3.13. The fraction of sp³-hybridized carbons (Fsp3) is 0.600. The number of carbonyl (C=O) groups excluding carboxylic acids is 1. The molecule has 3 heterocycles. The van der Waals surface area contributed by atoms with Crippen molar-refractivity contribution in [2.45, 2.75) is 44.6 Å². The maximum absolute atomic E-state index is 12.0. The highest BCUT2D eigenvalue weighted by Gasteiger charge is 2.12. The van der Waals surface area contributed by atoms with Crippen LogP contribution in [0.4, 0.5) is 0 Å². The van der Waals surface area contributed by atoms with E-state index in [1.807, 2.05) is 10.9 Å². The molecule has 0 fully saturated rings. The van der Waals surface area contributed by atoms with Crippen molar-refractivity contribution in [2.24, 2.45) is 0 Å². The van der Waals surface area contributed by atoms with E-state index < -0.39 is 0 Å². The first-order valence-corrected chi connectivity index (χ1v) is 9.47. The first kappa shape index (κ1) is 17.0. The minimum atomic E-state index is -0.0408. The van der Waals surface area contributed by atoms with E-state index in [4.69, 9.17) is 4.52 Å². The maximum atomic E-state index is 12.0. The first-order valence-electron chi connectivity index (χ1n) is 8.08. The molecule has 8 nitrogen and oxygen atoms in total. The van der Waals surface area contributed by atoms with Crippen molar-refractivity contribution in [2.75, 3.05) is 12.8 Å². The topological polar surface area (TPSA) is 97.9 Å². The average molecular weight is 350 g/mol. The molecule has 130 valence electrons. The summed E-state index contributed by atoms with van der Waals surface area (Å²) in [6.07, 6.45) is 4.09. The van der Waals surface area contributed by atoms with E-state index in [1.165, 1.54) is 5.69 Å². The number of aryl methyl sites for hydroxylation is 2. The molecule has 2 aromatic heterocycles. The smallest absolute Gasteiger partial charge is 0.246 e. The van der Waals surface area contributed by atoms with Crippen LogP contribution < -0.4 is 10.6 Å². The Bertz CT molecular complexity index is 660. The van der Waals surface area contributed by atoms with Gasteiger partial charge in [0.25, 0.3) is 0 Å². The second kappa shape index (κ2) is 8.29. The number of fused-ring (bicyclic) bond motifs is 1. The van der Waals surface area contributed by atoms with E-state index in [9.17, 15) is 4.79 Å². The van der Waals surface area contributed by atoms with Gasteiger partial charge in [-0.1, -0.05) is 5.16 Å². The van der Waals surface area contributed by atoms with Gasteiger partial charge in [-0.2, -0.15) is 21.8 Å². The highest BCUT2D eigenvalue weighted by molar-refractivity contribution is 7.97. The van der Waals surface area contributed by atoms with Crippen molar-refractivity contribution >= 4 is 17.7 Å². The zero-order chi connectivity index (χ0) is 16.8. The fourth-order valence-electron chi connectivity index (χ4n) is 2.60. The summed E-state index contributed by atoms with van der Waals surface area (Å²) in [6.45, 7) is 3.07. The standard InChI is InChI=1S/C15H22N6O2S/c1-24-10-13-18-15(23-20-13)9-17-14(22)4-3-11-7-12-8-16-5-2-6-21(12)19-11/h7,16H,2-6,8-10H2,1H3,(H,17,22). The van der Waals surface area contributed by atoms with Crippen LogP contribution >= 0.6 is 11.8 Å². The molecule has 0 aromatic carbocycles. The third-order valence-corrected chi connectivity index (χ3v) is 4.32. The quantitative estimate of drug-likeness (QED) is 0.764. The van der Waals surface area contributed by atoms with Gasteiger partial charge in [-0.25, -0.2) is 0 Å². The minimum Gasteiger partial charge on any atom is -0.347 e. The molecule has 0 radical (unpaired) electrons. The molecule has 0 bridgehead atoms. The number of thioether (sulfide) groups is 1. The monoisotopic (exact) mass is 350 g/mol. The van der Waals surface area contributed by atoms with Crippen LogP contribution in [0, 0.1) is 0 Å². The predicted molar refractivity (Wildman–Crippen MR) is 90.2 cm³/mol. The molecule has 0 atom stereocenters. The van der Waals surface area contributed by atoms with E-state index in [2.05, 4.69) is 31.9 Å².